The molecule has 0 radical (unpaired) electrons. The van der Waals surface area contributed by atoms with Gasteiger partial charge in [0.25, 0.3) is 0 Å². The highest BCUT2D eigenvalue weighted by molar-refractivity contribution is 6.00. The number of anilines is 1. The van der Waals surface area contributed by atoms with E-state index in [0.717, 1.165) is 29.7 Å². The number of aryl methyl sites for hydroxylation is 1. The average molecular weight is 412 g/mol. The van der Waals surface area contributed by atoms with E-state index in [1.807, 2.05) is 6.92 Å². The molecule has 30 heavy (non-hydrogen) atoms. The zero-order valence-corrected chi connectivity index (χ0v) is 17.2. The van der Waals surface area contributed by atoms with Crippen LogP contribution in [0.2, 0.25) is 0 Å². The maximum Gasteiger partial charge on any atom is 0.248 e. The predicted molar refractivity (Wildman–Crippen MR) is 108 cm³/mol. The minimum absolute atomic E-state index is 0.0203. The van der Waals surface area contributed by atoms with Crippen molar-refractivity contribution in [3.05, 3.63) is 52.7 Å². The standard InChI is InChI=1S/C22H25FN4O3/c1-14-18-10-19(28)27(11-15-5-7-17(23)8-6-15)22(18)25-21(24-14)16-4-3-9-26(12-16)20(29)13-30-2/h5-8,16H,3-4,9-13H2,1-2H3/t16-/m1/s1. The number of likely N-dealkylation sites (tertiary alicyclic amines) is 1. The highest BCUT2D eigenvalue weighted by Crippen LogP contribution is 2.33. The van der Waals surface area contributed by atoms with E-state index in [1.165, 1.54) is 19.2 Å². The third kappa shape index (κ3) is 4.05. The van der Waals surface area contributed by atoms with Gasteiger partial charge in [0.05, 0.1) is 13.0 Å². The number of ether oxygens (including phenoxy) is 1. The molecule has 158 valence electrons. The molecular weight excluding hydrogens is 387 g/mol. The lowest BCUT2D eigenvalue weighted by Crippen LogP contribution is -2.41. The molecule has 2 amide bonds. The van der Waals surface area contributed by atoms with Crippen LogP contribution in [-0.2, 0) is 27.3 Å². The Bertz CT molecular complexity index is 964. The second-order valence-corrected chi connectivity index (χ2v) is 7.86. The molecule has 2 aromatic rings. The molecular formula is C22H25FN4O3. The van der Waals surface area contributed by atoms with Crippen molar-refractivity contribution in [3.8, 4) is 0 Å². The van der Waals surface area contributed by atoms with Gasteiger partial charge in [-0.3, -0.25) is 14.5 Å². The van der Waals surface area contributed by atoms with Crippen molar-refractivity contribution in [3.63, 3.8) is 0 Å². The SMILES string of the molecule is COCC(=O)N1CCC[C@@H](c2nc(C)c3c(n2)N(Cc2ccc(F)cc2)C(=O)C3)C1. The lowest BCUT2D eigenvalue weighted by molar-refractivity contribution is -0.136. The topological polar surface area (TPSA) is 75.6 Å². The van der Waals surface area contributed by atoms with E-state index in [4.69, 9.17) is 9.72 Å². The third-order valence-corrected chi connectivity index (χ3v) is 5.76. The fraction of sp³-hybridized carbons (Fsp3) is 0.455. The largest absolute Gasteiger partial charge is 0.375 e. The third-order valence-electron chi connectivity index (χ3n) is 5.76. The summed E-state index contributed by atoms with van der Waals surface area (Å²) in [5, 5.41) is 0. The first-order valence-corrected chi connectivity index (χ1v) is 10.1. The van der Waals surface area contributed by atoms with Crippen molar-refractivity contribution < 1.29 is 18.7 Å². The van der Waals surface area contributed by atoms with Crippen molar-refractivity contribution in [2.75, 3.05) is 31.7 Å². The fourth-order valence-corrected chi connectivity index (χ4v) is 4.14. The summed E-state index contributed by atoms with van der Waals surface area (Å²) in [6, 6.07) is 6.13. The lowest BCUT2D eigenvalue weighted by atomic mass is 9.96. The molecule has 1 aromatic carbocycles. The van der Waals surface area contributed by atoms with Crippen LogP contribution in [0.3, 0.4) is 0 Å². The van der Waals surface area contributed by atoms with E-state index < -0.39 is 0 Å². The van der Waals surface area contributed by atoms with Gasteiger partial charge in [0.2, 0.25) is 11.8 Å². The molecule has 7 nitrogen and oxygen atoms in total. The van der Waals surface area contributed by atoms with Crippen LogP contribution < -0.4 is 4.90 Å². The molecule has 0 saturated carbocycles. The van der Waals surface area contributed by atoms with Crippen molar-refractivity contribution in [1.29, 1.82) is 0 Å². The number of aromatic nitrogens is 2. The summed E-state index contributed by atoms with van der Waals surface area (Å²) in [5.74, 6) is 0.939. The molecule has 0 N–H and O–H groups in total. The first-order valence-electron chi connectivity index (χ1n) is 10.1. The van der Waals surface area contributed by atoms with Gasteiger partial charge in [0.15, 0.2) is 0 Å². The van der Waals surface area contributed by atoms with Crippen LogP contribution in [0, 0.1) is 12.7 Å². The Morgan fingerprint density at radius 1 is 1.27 bits per heavy atom. The molecule has 1 atom stereocenters. The number of fused-ring (bicyclic) bond motifs is 1. The van der Waals surface area contributed by atoms with E-state index in [1.54, 1.807) is 21.9 Å². The Labute approximate surface area is 174 Å². The van der Waals surface area contributed by atoms with E-state index >= 15 is 0 Å². The summed E-state index contributed by atoms with van der Waals surface area (Å²) < 4.78 is 18.2. The quantitative estimate of drug-likeness (QED) is 0.754. The number of carbonyl (C=O) groups excluding carboxylic acids is 2. The first kappa shape index (κ1) is 20.4. The molecule has 0 aliphatic carbocycles. The summed E-state index contributed by atoms with van der Waals surface area (Å²) in [6.45, 7) is 3.56. The van der Waals surface area contributed by atoms with Gasteiger partial charge in [-0.25, -0.2) is 14.4 Å². The van der Waals surface area contributed by atoms with Crippen LogP contribution in [-0.4, -0.2) is 53.5 Å². The van der Waals surface area contributed by atoms with Gasteiger partial charge < -0.3 is 9.64 Å². The number of hydrogen-bond donors (Lipinski definition) is 0. The zero-order valence-electron chi connectivity index (χ0n) is 17.2. The Morgan fingerprint density at radius 2 is 2.03 bits per heavy atom. The molecule has 0 unspecified atom stereocenters. The molecule has 1 saturated heterocycles. The minimum atomic E-state index is -0.308. The summed E-state index contributed by atoms with van der Waals surface area (Å²) in [7, 11) is 1.51. The number of piperidine rings is 1. The lowest BCUT2D eigenvalue weighted by Gasteiger charge is -2.32. The van der Waals surface area contributed by atoms with Crippen LogP contribution in [0.25, 0.3) is 0 Å². The number of amides is 2. The summed E-state index contributed by atoms with van der Waals surface area (Å²) in [5.41, 5.74) is 2.48. The average Bonchev–Trinajstić information content (AvgIpc) is 3.06. The van der Waals surface area contributed by atoms with Gasteiger partial charge in [-0.1, -0.05) is 12.1 Å². The zero-order chi connectivity index (χ0) is 21.3. The van der Waals surface area contributed by atoms with Gasteiger partial charge in [-0.2, -0.15) is 0 Å². The second-order valence-electron chi connectivity index (χ2n) is 7.86. The Kier molecular flexibility index (Phi) is 5.76. The molecule has 1 fully saturated rings. The van der Waals surface area contributed by atoms with Crippen LogP contribution in [0.15, 0.2) is 24.3 Å². The highest BCUT2D eigenvalue weighted by Gasteiger charge is 2.34. The molecule has 4 rings (SSSR count). The van der Waals surface area contributed by atoms with Crippen LogP contribution in [0.1, 0.15) is 41.4 Å². The smallest absolute Gasteiger partial charge is 0.248 e. The maximum absolute atomic E-state index is 13.2. The van der Waals surface area contributed by atoms with Gasteiger partial charge in [0.1, 0.15) is 24.1 Å². The van der Waals surface area contributed by atoms with Gasteiger partial charge in [-0.05, 0) is 37.5 Å². The van der Waals surface area contributed by atoms with Crippen LogP contribution in [0.5, 0.6) is 0 Å². The van der Waals surface area contributed by atoms with Gasteiger partial charge in [0, 0.05) is 37.4 Å². The molecule has 2 aliphatic rings. The summed E-state index contributed by atoms with van der Waals surface area (Å²) in [6.07, 6.45) is 2.03. The Morgan fingerprint density at radius 3 is 2.77 bits per heavy atom. The van der Waals surface area contributed by atoms with E-state index in [0.29, 0.717) is 31.3 Å². The Hall–Kier alpha value is -2.87. The summed E-state index contributed by atoms with van der Waals surface area (Å²) >= 11 is 0. The van der Waals surface area contributed by atoms with E-state index in [9.17, 15) is 14.0 Å². The van der Waals surface area contributed by atoms with Gasteiger partial charge in [-0.15, -0.1) is 0 Å². The number of hydrogen-bond acceptors (Lipinski definition) is 5. The monoisotopic (exact) mass is 412 g/mol. The Balaban J connectivity index is 1.59. The summed E-state index contributed by atoms with van der Waals surface area (Å²) in [4.78, 5) is 37.8. The molecule has 0 spiro atoms. The number of halogens is 1. The minimum Gasteiger partial charge on any atom is -0.375 e. The number of rotatable bonds is 5. The van der Waals surface area contributed by atoms with E-state index in [2.05, 4.69) is 4.98 Å². The number of benzene rings is 1. The van der Waals surface area contributed by atoms with Crippen LogP contribution in [0.4, 0.5) is 10.2 Å². The number of carbonyl (C=O) groups is 2. The number of nitrogens with zero attached hydrogens (tertiary/aromatic N) is 4. The predicted octanol–water partition coefficient (Wildman–Crippen LogP) is 2.37. The number of methoxy groups -OCH3 is 1. The second kappa shape index (κ2) is 8.47. The first-order chi connectivity index (χ1) is 14.5. The molecule has 0 bridgehead atoms. The van der Waals surface area contributed by atoms with Crippen molar-refractivity contribution >= 4 is 17.6 Å². The molecule has 8 heteroatoms. The molecule has 3 heterocycles. The van der Waals surface area contributed by atoms with Gasteiger partial charge >= 0.3 is 0 Å². The molecule has 1 aromatic heterocycles. The van der Waals surface area contributed by atoms with Crippen LogP contribution >= 0.6 is 0 Å². The van der Waals surface area contributed by atoms with Crippen molar-refractivity contribution in [2.24, 2.45) is 0 Å². The normalized spacial score (nSPS) is 18.6. The fourth-order valence-electron chi connectivity index (χ4n) is 4.14. The van der Waals surface area contributed by atoms with Crippen molar-refractivity contribution in [1.82, 2.24) is 14.9 Å². The van der Waals surface area contributed by atoms with E-state index in [-0.39, 0.29) is 36.6 Å². The molecule has 2 aliphatic heterocycles. The maximum atomic E-state index is 13.2. The highest BCUT2D eigenvalue weighted by atomic mass is 19.1. The van der Waals surface area contributed by atoms with Crippen molar-refractivity contribution in [2.45, 2.75) is 38.6 Å².